The number of rotatable bonds is 2. The summed E-state index contributed by atoms with van der Waals surface area (Å²) in [4.78, 5) is 8.58. The average molecular weight is 387 g/mol. The summed E-state index contributed by atoms with van der Waals surface area (Å²) in [6.07, 6.45) is 3.34. The van der Waals surface area contributed by atoms with Gasteiger partial charge in [-0.2, -0.15) is 0 Å². The first kappa shape index (κ1) is 14.5. The van der Waals surface area contributed by atoms with Crippen LogP contribution in [0.1, 0.15) is 0 Å². The number of halogens is 4. The van der Waals surface area contributed by atoms with Crippen molar-refractivity contribution in [2.24, 2.45) is 0 Å². The average Bonchev–Trinajstić information content (AvgIpc) is 2.44. The molecule has 3 nitrogen and oxygen atoms in total. The van der Waals surface area contributed by atoms with Crippen molar-refractivity contribution in [3.8, 4) is 0 Å². The van der Waals surface area contributed by atoms with E-state index in [2.05, 4.69) is 31.2 Å². The van der Waals surface area contributed by atoms with Crippen molar-refractivity contribution in [1.29, 1.82) is 0 Å². The third-order valence-corrected chi connectivity index (χ3v) is 3.79. The molecule has 7 heteroatoms. The maximum Gasteiger partial charge on any atom is 0.160 e. The Labute approximate surface area is 138 Å². The van der Waals surface area contributed by atoms with Crippen molar-refractivity contribution in [3.05, 3.63) is 57.0 Å². The van der Waals surface area contributed by atoms with E-state index in [4.69, 9.17) is 23.2 Å². The Kier molecular flexibility index (Phi) is 3.97. The summed E-state index contributed by atoms with van der Waals surface area (Å²) in [6, 6.07) is 6.56. The number of aromatic nitrogens is 2. The minimum absolute atomic E-state index is 0.0425. The number of nitrogens with one attached hydrogen (secondary N) is 1. The fourth-order valence-corrected chi connectivity index (χ4v) is 2.70. The number of pyridine rings is 2. The zero-order valence-corrected chi connectivity index (χ0v) is 13.5. The van der Waals surface area contributed by atoms with Gasteiger partial charge >= 0.3 is 0 Å². The van der Waals surface area contributed by atoms with Crippen LogP contribution in [0.4, 0.5) is 15.8 Å². The molecule has 0 bridgehead atoms. The smallest absolute Gasteiger partial charge is 0.160 e. The first-order valence-corrected chi connectivity index (χ1v) is 7.41. The highest BCUT2D eigenvalue weighted by Crippen LogP contribution is 2.31. The highest BCUT2D eigenvalue weighted by Gasteiger charge is 2.09. The summed E-state index contributed by atoms with van der Waals surface area (Å²) in [5.74, 6) is -0.634. The van der Waals surface area contributed by atoms with Crippen LogP contribution in [0, 0.1) is 5.82 Å². The van der Waals surface area contributed by atoms with Crippen LogP contribution in [0.15, 0.2) is 41.1 Å². The Balaban J connectivity index is 2.06. The minimum atomic E-state index is -0.634. The van der Waals surface area contributed by atoms with Gasteiger partial charge in [0.15, 0.2) is 5.82 Å². The molecule has 3 rings (SSSR count). The molecule has 1 N–H and O–H groups in total. The van der Waals surface area contributed by atoms with Gasteiger partial charge in [0.05, 0.1) is 21.2 Å². The van der Waals surface area contributed by atoms with Crippen molar-refractivity contribution in [2.75, 3.05) is 5.32 Å². The van der Waals surface area contributed by atoms with Gasteiger partial charge in [-0.25, -0.2) is 4.39 Å². The van der Waals surface area contributed by atoms with Crippen molar-refractivity contribution < 1.29 is 4.39 Å². The third-order valence-electron chi connectivity index (χ3n) is 2.81. The lowest BCUT2D eigenvalue weighted by Crippen LogP contribution is -1.95. The van der Waals surface area contributed by atoms with E-state index in [0.717, 1.165) is 15.7 Å². The van der Waals surface area contributed by atoms with E-state index < -0.39 is 5.82 Å². The lowest BCUT2D eigenvalue weighted by Gasteiger charge is -2.10. The summed E-state index contributed by atoms with van der Waals surface area (Å²) in [5, 5.41) is 3.04. The van der Waals surface area contributed by atoms with Gasteiger partial charge in [0.1, 0.15) is 5.52 Å². The van der Waals surface area contributed by atoms with E-state index in [1.54, 1.807) is 18.5 Å². The van der Waals surface area contributed by atoms with Gasteiger partial charge in [-0.1, -0.05) is 23.2 Å². The van der Waals surface area contributed by atoms with E-state index in [9.17, 15) is 4.39 Å². The maximum atomic E-state index is 13.4. The number of fused-ring (bicyclic) bond motifs is 1. The molecule has 0 aliphatic heterocycles. The number of anilines is 2. The van der Waals surface area contributed by atoms with Crippen molar-refractivity contribution in [3.63, 3.8) is 0 Å². The van der Waals surface area contributed by atoms with Crippen LogP contribution in [0.5, 0.6) is 0 Å². The molecule has 0 saturated heterocycles. The van der Waals surface area contributed by atoms with Crippen LogP contribution in [0.2, 0.25) is 10.0 Å². The van der Waals surface area contributed by atoms with Crippen molar-refractivity contribution in [2.45, 2.75) is 0 Å². The van der Waals surface area contributed by atoms with Gasteiger partial charge in [-0.05, 0) is 40.2 Å². The van der Waals surface area contributed by atoms with Crippen molar-refractivity contribution in [1.82, 2.24) is 9.97 Å². The fraction of sp³-hybridized carbons (Fsp3) is 0. The molecule has 0 fully saturated rings. The highest BCUT2D eigenvalue weighted by atomic mass is 79.9. The topological polar surface area (TPSA) is 37.8 Å². The molecule has 106 valence electrons. The van der Waals surface area contributed by atoms with Crippen LogP contribution in [-0.2, 0) is 0 Å². The fourth-order valence-electron chi connectivity index (χ4n) is 1.89. The predicted molar refractivity (Wildman–Crippen MR) is 86.9 cm³/mol. The first-order valence-electron chi connectivity index (χ1n) is 5.86. The van der Waals surface area contributed by atoms with Gasteiger partial charge in [0.2, 0.25) is 0 Å². The van der Waals surface area contributed by atoms with Crippen LogP contribution in [0.25, 0.3) is 11.0 Å². The third kappa shape index (κ3) is 2.95. The molecule has 0 aliphatic rings. The molecular formula is C14H7BrCl2FN3. The van der Waals surface area contributed by atoms with Crippen LogP contribution in [-0.4, -0.2) is 9.97 Å². The Morgan fingerprint density at radius 3 is 2.52 bits per heavy atom. The molecule has 0 saturated carbocycles. The first-order chi connectivity index (χ1) is 10.0. The second kappa shape index (κ2) is 5.75. The summed E-state index contributed by atoms with van der Waals surface area (Å²) in [7, 11) is 0. The number of benzene rings is 1. The number of nitrogens with zero attached hydrogens (tertiary/aromatic N) is 2. The Bertz CT molecular complexity index is 819. The highest BCUT2D eigenvalue weighted by molar-refractivity contribution is 9.10. The monoisotopic (exact) mass is 385 g/mol. The zero-order valence-electron chi connectivity index (χ0n) is 10.4. The van der Waals surface area contributed by atoms with E-state index in [-0.39, 0.29) is 10.0 Å². The standard InChI is InChI=1S/C14H7BrCl2FN3/c15-7-3-12-14(20-6-7)11(1-2-19-12)21-8-4-9(16)13(18)10(17)5-8/h1-6H,(H,19,21). The van der Waals surface area contributed by atoms with Gasteiger partial charge in [-0.15, -0.1) is 0 Å². The largest absolute Gasteiger partial charge is 0.354 e. The molecule has 0 aliphatic carbocycles. The zero-order chi connectivity index (χ0) is 15.0. The molecule has 1 aromatic carbocycles. The molecule has 0 spiro atoms. The summed E-state index contributed by atoms with van der Waals surface area (Å²) < 4.78 is 14.3. The van der Waals surface area contributed by atoms with Gasteiger partial charge in [0, 0.05) is 22.6 Å². The van der Waals surface area contributed by atoms with Crippen molar-refractivity contribution >= 4 is 61.5 Å². The Hall–Kier alpha value is -1.43. The molecule has 0 amide bonds. The molecule has 2 heterocycles. The van der Waals surface area contributed by atoms with Crippen LogP contribution >= 0.6 is 39.1 Å². The second-order valence-corrected chi connectivity index (χ2v) is 5.99. The van der Waals surface area contributed by atoms with E-state index >= 15 is 0 Å². The molecule has 21 heavy (non-hydrogen) atoms. The summed E-state index contributed by atoms with van der Waals surface area (Å²) in [5.41, 5.74) is 2.72. The van der Waals surface area contributed by atoms with E-state index in [0.29, 0.717) is 11.2 Å². The minimum Gasteiger partial charge on any atom is -0.354 e. The van der Waals surface area contributed by atoms with Gasteiger partial charge in [0.25, 0.3) is 0 Å². The Morgan fingerprint density at radius 1 is 1.10 bits per heavy atom. The lowest BCUT2D eigenvalue weighted by atomic mass is 10.2. The van der Waals surface area contributed by atoms with E-state index in [1.807, 2.05) is 6.07 Å². The van der Waals surface area contributed by atoms with E-state index in [1.165, 1.54) is 12.1 Å². The molecular weight excluding hydrogens is 380 g/mol. The quantitative estimate of drug-likeness (QED) is 0.584. The molecule has 0 radical (unpaired) electrons. The SMILES string of the molecule is Fc1c(Cl)cc(Nc2ccnc3cc(Br)cnc23)cc1Cl. The predicted octanol–water partition coefficient (Wildman–Crippen LogP) is 5.58. The molecule has 3 aromatic rings. The molecule has 0 atom stereocenters. The van der Waals surface area contributed by atoms with Gasteiger partial charge in [-0.3, -0.25) is 9.97 Å². The molecule has 0 unspecified atom stereocenters. The van der Waals surface area contributed by atoms with Gasteiger partial charge < -0.3 is 5.32 Å². The summed E-state index contributed by atoms with van der Waals surface area (Å²) >= 11 is 14.9. The van der Waals surface area contributed by atoms with Crippen LogP contribution < -0.4 is 5.32 Å². The summed E-state index contributed by atoms with van der Waals surface area (Å²) in [6.45, 7) is 0. The normalized spacial score (nSPS) is 10.9. The number of hydrogen-bond acceptors (Lipinski definition) is 3. The van der Waals surface area contributed by atoms with Crippen LogP contribution in [0.3, 0.4) is 0 Å². The lowest BCUT2D eigenvalue weighted by molar-refractivity contribution is 0.629. The number of hydrogen-bond donors (Lipinski definition) is 1. The Morgan fingerprint density at radius 2 is 1.81 bits per heavy atom. The maximum absolute atomic E-state index is 13.4. The molecule has 2 aromatic heterocycles. The second-order valence-electron chi connectivity index (χ2n) is 4.26.